The Balaban J connectivity index is 2.13. The predicted octanol–water partition coefficient (Wildman–Crippen LogP) is 0.138. The van der Waals surface area contributed by atoms with E-state index in [0.29, 0.717) is 5.92 Å². The van der Waals surface area contributed by atoms with E-state index in [2.05, 4.69) is 16.7 Å². The molecule has 2 N–H and O–H groups in total. The maximum Gasteiger partial charge on any atom is 0.110 e. The summed E-state index contributed by atoms with van der Waals surface area (Å²) in [7, 11) is 0. The van der Waals surface area contributed by atoms with Gasteiger partial charge in [-0.1, -0.05) is 0 Å². The van der Waals surface area contributed by atoms with Gasteiger partial charge in [-0.15, -0.1) is 0 Å². The van der Waals surface area contributed by atoms with Crippen LogP contribution in [-0.4, -0.2) is 13.2 Å². The summed E-state index contributed by atoms with van der Waals surface area (Å²) in [6.07, 6.45) is 5.54. The second-order valence-corrected chi connectivity index (χ2v) is 2.45. The summed E-state index contributed by atoms with van der Waals surface area (Å²) >= 11 is 0. The summed E-state index contributed by atoms with van der Waals surface area (Å²) in [6.45, 7) is 1.86. The molecule has 2 aliphatic rings. The number of ether oxygens (including phenoxy) is 1. The molecule has 1 atom stereocenters. The first-order chi connectivity index (χ1) is 4.97. The third-order valence-corrected chi connectivity index (χ3v) is 1.77. The molecule has 0 bridgehead atoms. The Hall–Kier alpha value is -0.960. The molecule has 0 saturated carbocycles. The zero-order chi connectivity index (χ0) is 6.81. The Morgan fingerprint density at radius 1 is 1.60 bits per heavy atom. The van der Waals surface area contributed by atoms with Crippen molar-refractivity contribution in [2.24, 2.45) is 5.92 Å². The van der Waals surface area contributed by atoms with Gasteiger partial charge >= 0.3 is 0 Å². The zero-order valence-electron chi connectivity index (χ0n) is 5.63. The molecule has 3 nitrogen and oxygen atoms in total. The maximum absolute atomic E-state index is 5.01. The van der Waals surface area contributed by atoms with Crippen LogP contribution >= 0.6 is 0 Å². The van der Waals surface area contributed by atoms with E-state index < -0.39 is 0 Å². The summed E-state index contributed by atoms with van der Waals surface area (Å²) in [4.78, 5) is 0. The van der Waals surface area contributed by atoms with Crippen LogP contribution < -0.4 is 10.6 Å². The van der Waals surface area contributed by atoms with Gasteiger partial charge in [0, 0.05) is 12.5 Å². The number of nitrogens with one attached hydrogen (secondary N) is 2. The molecule has 0 radical (unpaired) electrons. The molecular formula is C7H10N2O. The van der Waals surface area contributed by atoms with E-state index in [1.807, 2.05) is 0 Å². The molecule has 10 heavy (non-hydrogen) atoms. The Kier molecular flexibility index (Phi) is 1.36. The van der Waals surface area contributed by atoms with Crippen molar-refractivity contribution >= 4 is 0 Å². The molecule has 3 heteroatoms. The molecule has 1 fully saturated rings. The highest BCUT2D eigenvalue weighted by Gasteiger charge is 2.17. The van der Waals surface area contributed by atoms with Gasteiger partial charge in [0.05, 0.1) is 18.6 Å². The fraction of sp³-hybridized carbons (Fsp3) is 0.429. The van der Waals surface area contributed by atoms with Crippen LogP contribution in [0.1, 0.15) is 0 Å². The first-order valence-corrected chi connectivity index (χ1v) is 3.43. The molecule has 0 spiro atoms. The molecule has 0 aromatic carbocycles. The monoisotopic (exact) mass is 138 g/mol. The molecule has 0 aliphatic carbocycles. The lowest BCUT2D eigenvalue weighted by molar-refractivity contribution is 0.348. The van der Waals surface area contributed by atoms with Crippen LogP contribution in [0.2, 0.25) is 0 Å². The minimum absolute atomic E-state index is 0.488. The topological polar surface area (TPSA) is 33.3 Å². The van der Waals surface area contributed by atoms with E-state index in [0.717, 1.165) is 13.2 Å². The standard InChI is InChI=1S/C7H10N2O/c1-2-10-4-7-6(1)3-8-5-9-7/h1-2,4,6,8-9H,3,5H2. The van der Waals surface area contributed by atoms with Crippen molar-refractivity contribution in [3.63, 3.8) is 0 Å². The van der Waals surface area contributed by atoms with E-state index in [1.165, 1.54) is 5.70 Å². The predicted molar refractivity (Wildman–Crippen MR) is 37.8 cm³/mol. The van der Waals surface area contributed by atoms with Crippen molar-refractivity contribution in [1.29, 1.82) is 0 Å². The van der Waals surface area contributed by atoms with Gasteiger partial charge in [0.2, 0.25) is 0 Å². The SMILES string of the molecule is C1=CC2CNCNC2=CO1. The van der Waals surface area contributed by atoms with Crippen LogP contribution in [0.3, 0.4) is 0 Å². The summed E-state index contributed by atoms with van der Waals surface area (Å²) in [5, 5.41) is 6.42. The van der Waals surface area contributed by atoms with Gasteiger partial charge < -0.3 is 10.1 Å². The summed E-state index contributed by atoms with van der Waals surface area (Å²) in [5.41, 5.74) is 1.18. The molecule has 2 aliphatic heterocycles. The van der Waals surface area contributed by atoms with Crippen molar-refractivity contribution in [3.05, 3.63) is 24.3 Å². The van der Waals surface area contributed by atoms with Gasteiger partial charge in [-0.25, -0.2) is 0 Å². The molecule has 0 aromatic rings. The number of hydrogen-bond donors (Lipinski definition) is 2. The fourth-order valence-corrected chi connectivity index (χ4v) is 1.19. The lowest BCUT2D eigenvalue weighted by Crippen LogP contribution is -2.42. The summed E-state index contributed by atoms with van der Waals surface area (Å²) in [5.74, 6) is 0.488. The number of fused-ring (bicyclic) bond motifs is 1. The molecular weight excluding hydrogens is 128 g/mol. The van der Waals surface area contributed by atoms with Crippen molar-refractivity contribution in [2.75, 3.05) is 13.2 Å². The molecule has 1 saturated heterocycles. The number of rotatable bonds is 0. The highest BCUT2D eigenvalue weighted by Crippen LogP contribution is 2.15. The molecule has 0 amide bonds. The largest absolute Gasteiger partial charge is 0.471 e. The smallest absolute Gasteiger partial charge is 0.110 e. The minimum Gasteiger partial charge on any atom is -0.471 e. The lowest BCUT2D eigenvalue weighted by Gasteiger charge is -2.26. The van der Waals surface area contributed by atoms with Gasteiger partial charge in [-0.3, -0.25) is 5.32 Å². The highest BCUT2D eigenvalue weighted by molar-refractivity contribution is 5.14. The average Bonchev–Trinajstić information content (AvgIpc) is 2.05. The van der Waals surface area contributed by atoms with Crippen LogP contribution in [0, 0.1) is 5.92 Å². The normalized spacial score (nSPS) is 29.6. The second kappa shape index (κ2) is 2.34. The summed E-state index contributed by atoms with van der Waals surface area (Å²) < 4.78 is 5.01. The van der Waals surface area contributed by atoms with Gasteiger partial charge in [0.1, 0.15) is 6.26 Å². The van der Waals surface area contributed by atoms with E-state index >= 15 is 0 Å². The quantitative estimate of drug-likeness (QED) is 0.499. The van der Waals surface area contributed by atoms with Crippen molar-refractivity contribution < 1.29 is 4.74 Å². The first-order valence-electron chi connectivity index (χ1n) is 3.43. The zero-order valence-corrected chi connectivity index (χ0v) is 5.63. The Morgan fingerprint density at radius 3 is 3.50 bits per heavy atom. The Labute approximate surface area is 59.8 Å². The Bertz CT molecular complexity index is 186. The van der Waals surface area contributed by atoms with Gasteiger partial charge in [0.25, 0.3) is 0 Å². The van der Waals surface area contributed by atoms with Gasteiger partial charge in [0.15, 0.2) is 0 Å². The fourth-order valence-electron chi connectivity index (χ4n) is 1.19. The minimum atomic E-state index is 0.488. The lowest BCUT2D eigenvalue weighted by atomic mass is 10.0. The van der Waals surface area contributed by atoms with Crippen LogP contribution in [-0.2, 0) is 4.74 Å². The van der Waals surface area contributed by atoms with E-state index in [4.69, 9.17) is 4.74 Å². The molecule has 1 unspecified atom stereocenters. The molecule has 0 aromatic heterocycles. The Morgan fingerprint density at radius 2 is 2.60 bits per heavy atom. The van der Waals surface area contributed by atoms with Crippen LogP contribution in [0.25, 0.3) is 0 Å². The number of hydrogen-bond acceptors (Lipinski definition) is 3. The molecule has 54 valence electrons. The van der Waals surface area contributed by atoms with Crippen molar-refractivity contribution in [2.45, 2.75) is 0 Å². The highest BCUT2D eigenvalue weighted by atomic mass is 16.5. The van der Waals surface area contributed by atoms with Crippen molar-refractivity contribution in [3.8, 4) is 0 Å². The van der Waals surface area contributed by atoms with Crippen molar-refractivity contribution in [1.82, 2.24) is 10.6 Å². The van der Waals surface area contributed by atoms with Crippen LogP contribution in [0.15, 0.2) is 24.3 Å². The summed E-state index contributed by atoms with van der Waals surface area (Å²) in [6, 6.07) is 0. The van der Waals surface area contributed by atoms with E-state index in [1.54, 1.807) is 12.5 Å². The first kappa shape index (κ1) is 5.80. The maximum atomic E-state index is 5.01. The van der Waals surface area contributed by atoms with E-state index in [-0.39, 0.29) is 0 Å². The second-order valence-electron chi connectivity index (χ2n) is 2.45. The molecule has 2 rings (SSSR count). The van der Waals surface area contributed by atoms with Crippen LogP contribution in [0.5, 0.6) is 0 Å². The van der Waals surface area contributed by atoms with E-state index in [9.17, 15) is 0 Å². The third kappa shape index (κ3) is 0.885. The average molecular weight is 138 g/mol. The van der Waals surface area contributed by atoms with Crippen LogP contribution in [0.4, 0.5) is 0 Å². The van der Waals surface area contributed by atoms with Gasteiger partial charge in [-0.2, -0.15) is 0 Å². The third-order valence-electron chi connectivity index (χ3n) is 1.77. The molecule has 2 heterocycles. The van der Waals surface area contributed by atoms with Gasteiger partial charge in [-0.05, 0) is 6.08 Å².